The molecule has 4 nitrogen and oxygen atoms in total. The minimum Gasteiger partial charge on any atom is -0.425 e. The Morgan fingerprint density at radius 3 is 2.94 bits per heavy atom. The van der Waals surface area contributed by atoms with Crippen molar-refractivity contribution in [2.75, 3.05) is 6.54 Å². The number of rotatable bonds is 7. The predicted octanol–water partition coefficient (Wildman–Crippen LogP) is 2.27. The highest BCUT2D eigenvalue weighted by atomic mass is 16.4. The smallest absolute Gasteiger partial charge is 0.219 e. The zero-order valence-electron chi connectivity index (χ0n) is 10.2. The van der Waals surface area contributed by atoms with Gasteiger partial charge in [-0.15, -0.1) is 10.2 Å². The molecule has 1 atom stereocenters. The van der Waals surface area contributed by atoms with Crippen LogP contribution in [0.1, 0.15) is 57.2 Å². The van der Waals surface area contributed by atoms with E-state index in [1.54, 1.807) is 0 Å². The van der Waals surface area contributed by atoms with Gasteiger partial charge in [-0.25, -0.2) is 0 Å². The summed E-state index contributed by atoms with van der Waals surface area (Å²) in [5.41, 5.74) is 0. The summed E-state index contributed by atoms with van der Waals surface area (Å²) < 4.78 is 5.64. The van der Waals surface area contributed by atoms with E-state index in [0.29, 0.717) is 5.92 Å². The van der Waals surface area contributed by atoms with E-state index in [4.69, 9.17) is 4.42 Å². The summed E-state index contributed by atoms with van der Waals surface area (Å²) in [5.74, 6) is 1.96. The molecule has 1 fully saturated rings. The molecular weight excluding hydrogens is 202 g/mol. The molecule has 1 aromatic rings. The molecule has 1 aliphatic rings. The normalized spacial score (nSPS) is 17.6. The van der Waals surface area contributed by atoms with E-state index in [9.17, 15) is 0 Å². The molecule has 90 valence electrons. The summed E-state index contributed by atoms with van der Waals surface area (Å²) in [6.45, 7) is 5.27. The van der Waals surface area contributed by atoms with Gasteiger partial charge in [0.1, 0.15) is 0 Å². The Kier molecular flexibility index (Phi) is 3.93. The molecule has 1 saturated carbocycles. The van der Waals surface area contributed by atoms with Gasteiger partial charge in [0.15, 0.2) is 0 Å². The van der Waals surface area contributed by atoms with Gasteiger partial charge in [0.05, 0.1) is 0 Å². The second-order valence-corrected chi connectivity index (χ2v) is 4.70. The summed E-state index contributed by atoms with van der Waals surface area (Å²) in [6, 6.07) is 0.751. The Labute approximate surface area is 96.8 Å². The average Bonchev–Trinajstić information content (AvgIpc) is 2.95. The second kappa shape index (κ2) is 5.43. The first-order chi connectivity index (χ1) is 7.79. The molecule has 0 aromatic carbocycles. The van der Waals surface area contributed by atoms with Crippen molar-refractivity contribution in [2.24, 2.45) is 0 Å². The molecule has 1 aromatic heterocycles. The molecule has 4 heteroatoms. The van der Waals surface area contributed by atoms with Crippen LogP contribution in [0.3, 0.4) is 0 Å². The van der Waals surface area contributed by atoms with Crippen LogP contribution in [0.25, 0.3) is 0 Å². The van der Waals surface area contributed by atoms with Crippen LogP contribution in [0.4, 0.5) is 0 Å². The number of hydrogen-bond acceptors (Lipinski definition) is 4. The first-order valence-corrected chi connectivity index (χ1v) is 6.35. The highest BCUT2D eigenvalue weighted by Crippen LogP contribution is 2.20. The molecule has 1 N–H and O–H groups in total. The predicted molar refractivity (Wildman–Crippen MR) is 62.3 cm³/mol. The molecule has 0 saturated heterocycles. The summed E-state index contributed by atoms with van der Waals surface area (Å²) in [4.78, 5) is 0. The van der Waals surface area contributed by atoms with Crippen molar-refractivity contribution in [1.29, 1.82) is 0 Å². The first-order valence-electron chi connectivity index (χ1n) is 6.35. The molecule has 1 heterocycles. The fourth-order valence-corrected chi connectivity index (χ4v) is 1.79. The largest absolute Gasteiger partial charge is 0.425 e. The van der Waals surface area contributed by atoms with E-state index in [2.05, 4.69) is 29.4 Å². The van der Waals surface area contributed by atoms with E-state index in [-0.39, 0.29) is 0 Å². The number of aromatic nitrogens is 2. The topological polar surface area (TPSA) is 51.0 Å². The second-order valence-electron chi connectivity index (χ2n) is 4.70. The lowest BCUT2D eigenvalue weighted by Gasteiger charge is -2.02. The lowest BCUT2D eigenvalue weighted by molar-refractivity contribution is 0.410. The van der Waals surface area contributed by atoms with Crippen molar-refractivity contribution >= 4 is 0 Å². The van der Waals surface area contributed by atoms with E-state index in [1.165, 1.54) is 12.8 Å². The van der Waals surface area contributed by atoms with Crippen LogP contribution in [0.5, 0.6) is 0 Å². The third-order valence-corrected chi connectivity index (χ3v) is 2.97. The molecule has 0 bridgehead atoms. The van der Waals surface area contributed by atoms with Crippen LogP contribution in [-0.2, 0) is 6.42 Å². The minimum absolute atomic E-state index is 0.391. The number of nitrogens with zero attached hydrogens (tertiary/aromatic N) is 2. The van der Waals surface area contributed by atoms with Gasteiger partial charge in [0.25, 0.3) is 0 Å². The molecule has 0 aliphatic heterocycles. The van der Waals surface area contributed by atoms with Gasteiger partial charge in [-0.3, -0.25) is 0 Å². The van der Waals surface area contributed by atoms with Crippen molar-refractivity contribution in [3.05, 3.63) is 11.8 Å². The van der Waals surface area contributed by atoms with Crippen LogP contribution in [0.15, 0.2) is 4.42 Å². The Morgan fingerprint density at radius 2 is 2.25 bits per heavy atom. The van der Waals surface area contributed by atoms with Crippen molar-refractivity contribution in [3.8, 4) is 0 Å². The number of hydrogen-bond donors (Lipinski definition) is 1. The number of nitrogens with one attached hydrogen (secondary N) is 1. The Hall–Kier alpha value is -0.900. The van der Waals surface area contributed by atoms with E-state index in [1.807, 2.05) is 0 Å². The van der Waals surface area contributed by atoms with E-state index >= 15 is 0 Å². The fourth-order valence-electron chi connectivity index (χ4n) is 1.79. The van der Waals surface area contributed by atoms with Crippen LogP contribution < -0.4 is 5.32 Å². The quantitative estimate of drug-likeness (QED) is 0.770. The minimum atomic E-state index is 0.391. The zero-order chi connectivity index (χ0) is 11.4. The molecular formula is C12H21N3O. The third kappa shape index (κ3) is 3.30. The Morgan fingerprint density at radius 1 is 1.44 bits per heavy atom. The Bertz CT molecular complexity index is 320. The van der Waals surface area contributed by atoms with Gasteiger partial charge >= 0.3 is 0 Å². The molecule has 16 heavy (non-hydrogen) atoms. The molecule has 0 spiro atoms. The lowest BCUT2D eigenvalue weighted by atomic mass is 10.1. The zero-order valence-corrected chi connectivity index (χ0v) is 10.2. The molecule has 0 radical (unpaired) electrons. The van der Waals surface area contributed by atoms with Crippen LogP contribution in [-0.4, -0.2) is 22.8 Å². The first kappa shape index (κ1) is 11.6. The van der Waals surface area contributed by atoms with Gasteiger partial charge in [-0.2, -0.15) is 0 Å². The van der Waals surface area contributed by atoms with Gasteiger partial charge in [0, 0.05) is 24.9 Å². The van der Waals surface area contributed by atoms with E-state index < -0.39 is 0 Å². The maximum absolute atomic E-state index is 5.64. The van der Waals surface area contributed by atoms with E-state index in [0.717, 1.165) is 43.6 Å². The molecule has 1 unspecified atom stereocenters. The van der Waals surface area contributed by atoms with Gasteiger partial charge in [0.2, 0.25) is 11.8 Å². The van der Waals surface area contributed by atoms with Crippen molar-refractivity contribution in [3.63, 3.8) is 0 Å². The monoisotopic (exact) mass is 223 g/mol. The summed E-state index contributed by atoms with van der Waals surface area (Å²) in [7, 11) is 0. The van der Waals surface area contributed by atoms with Crippen molar-refractivity contribution < 1.29 is 4.42 Å². The highest BCUT2D eigenvalue weighted by Gasteiger charge is 2.20. The molecule has 2 rings (SSSR count). The Balaban J connectivity index is 1.76. The molecule has 0 amide bonds. The van der Waals surface area contributed by atoms with Crippen LogP contribution in [0, 0.1) is 0 Å². The standard InChI is InChI=1S/C12H21N3O/c1-3-4-9(2)12-15-14-11(16-12)7-8-13-10-5-6-10/h9-10,13H,3-8H2,1-2H3. The van der Waals surface area contributed by atoms with Crippen molar-refractivity contribution in [2.45, 2.75) is 57.9 Å². The van der Waals surface area contributed by atoms with Crippen LogP contribution in [0.2, 0.25) is 0 Å². The lowest BCUT2D eigenvalue weighted by Crippen LogP contribution is -2.19. The fraction of sp³-hybridized carbons (Fsp3) is 0.833. The van der Waals surface area contributed by atoms with Gasteiger partial charge in [-0.1, -0.05) is 20.3 Å². The maximum Gasteiger partial charge on any atom is 0.219 e. The average molecular weight is 223 g/mol. The summed E-state index contributed by atoms with van der Waals surface area (Å²) >= 11 is 0. The summed E-state index contributed by atoms with van der Waals surface area (Å²) in [6.07, 6.45) is 5.76. The van der Waals surface area contributed by atoms with Gasteiger partial charge in [-0.05, 0) is 19.3 Å². The third-order valence-electron chi connectivity index (χ3n) is 2.97. The maximum atomic E-state index is 5.64. The highest BCUT2D eigenvalue weighted by molar-refractivity contribution is 4.90. The molecule has 1 aliphatic carbocycles. The SMILES string of the molecule is CCCC(C)c1nnc(CCNC2CC2)o1. The van der Waals surface area contributed by atoms with Crippen molar-refractivity contribution in [1.82, 2.24) is 15.5 Å². The van der Waals surface area contributed by atoms with Crippen LogP contribution >= 0.6 is 0 Å². The summed E-state index contributed by atoms with van der Waals surface area (Å²) in [5, 5.41) is 11.6. The van der Waals surface area contributed by atoms with Gasteiger partial charge < -0.3 is 9.73 Å².